The van der Waals surface area contributed by atoms with Gasteiger partial charge >= 0.3 is 0 Å². The first-order valence-corrected chi connectivity index (χ1v) is 6.14. The summed E-state index contributed by atoms with van der Waals surface area (Å²) in [7, 11) is 1.60. The van der Waals surface area contributed by atoms with Gasteiger partial charge in [-0.1, -0.05) is 25.1 Å². The zero-order valence-corrected chi connectivity index (χ0v) is 11.3. The third kappa shape index (κ3) is 4.35. The Labute approximate surface area is 112 Å². The van der Waals surface area contributed by atoms with Crippen LogP contribution in [0, 0.1) is 0 Å². The molecule has 0 aliphatic rings. The highest BCUT2D eigenvalue weighted by atomic mass is 16.2. The number of rotatable bonds is 6. The number of carbonyl (C=O) groups is 2. The van der Waals surface area contributed by atoms with Crippen molar-refractivity contribution in [2.24, 2.45) is 5.84 Å². The molecule has 1 aromatic carbocycles. The number of hydrogen-bond acceptors (Lipinski definition) is 4. The maximum Gasteiger partial charge on any atom is 0.265 e. The Bertz CT molecular complexity index is 448. The quantitative estimate of drug-likeness (QED) is 0.379. The van der Waals surface area contributed by atoms with Crippen LogP contribution >= 0.6 is 0 Å². The Morgan fingerprint density at radius 3 is 2.58 bits per heavy atom. The van der Waals surface area contributed by atoms with E-state index < -0.39 is 0 Å². The molecule has 6 heteroatoms. The van der Waals surface area contributed by atoms with Gasteiger partial charge in [0, 0.05) is 19.2 Å². The van der Waals surface area contributed by atoms with Gasteiger partial charge in [-0.2, -0.15) is 0 Å². The number of benzene rings is 1. The molecular weight excluding hydrogens is 244 g/mol. The molecule has 0 bridgehead atoms. The van der Waals surface area contributed by atoms with Gasteiger partial charge in [0.05, 0.1) is 6.54 Å². The van der Waals surface area contributed by atoms with Crippen LogP contribution < -0.4 is 16.6 Å². The second-order valence-corrected chi connectivity index (χ2v) is 4.11. The van der Waals surface area contributed by atoms with Crippen LogP contribution in [-0.4, -0.2) is 36.9 Å². The van der Waals surface area contributed by atoms with Crippen molar-refractivity contribution in [3.05, 3.63) is 35.4 Å². The number of amides is 2. The molecule has 0 fully saturated rings. The molecule has 0 radical (unpaired) electrons. The fraction of sp³-hybridized carbons (Fsp3) is 0.385. The molecule has 0 aliphatic heterocycles. The highest BCUT2D eigenvalue weighted by Crippen LogP contribution is 2.11. The number of nitrogens with one attached hydrogen (secondary N) is 2. The van der Waals surface area contributed by atoms with E-state index >= 15 is 0 Å². The number of hydrazine groups is 1. The monoisotopic (exact) mass is 264 g/mol. The summed E-state index contributed by atoms with van der Waals surface area (Å²) in [6.45, 7) is 3.50. The summed E-state index contributed by atoms with van der Waals surface area (Å²) in [6, 6.07) is 7.21. The van der Waals surface area contributed by atoms with Crippen LogP contribution in [-0.2, 0) is 11.3 Å². The molecule has 19 heavy (non-hydrogen) atoms. The van der Waals surface area contributed by atoms with E-state index in [9.17, 15) is 9.59 Å². The Kier molecular flexibility index (Phi) is 5.98. The second kappa shape index (κ2) is 7.50. The Morgan fingerprint density at radius 1 is 1.32 bits per heavy atom. The molecule has 4 N–H and O–H groups in total. The molecule has 1 rings (SSSR count). The fourth-order valence-corrected chi connectivity index (χ4v) is 1.76. The van der Waals surface area contributed by atoms with Gasteiger partial charge in [0.1, 0.15) is 0 Å². The van der Waals surface area contributed by atoms with Crippen LogP contribution in [0.3, 0.4) is 0 Å². The SMILES string of the molecule is CCN(CC(=O)NC)Cc1ccccc1C(=O)NN. The largest absolute Gasteiger partial charge is 0.358 e. The van der Waals surface area contributed by atoms with Crippen molar-refractivity contribution in [3.63, 3.8) is 0 Å². The molecule has 0 aromatic heterocycles. The summed E-state index contributed by atoms with van der Waals surface area (Å²) in [5.74, 6) is 4.78. The number of nitrogen functional groups attached to an aromatic ring is 1. The van der Waals surface area contributed by atoms with E-state index in [-0.39, 0.29) is 11.8 Å². The Morgan fingerprint density at radius 2 is 2.00 bits per heavy atom. The van der Waals surface area contributed by atoms with E-state index in [0.29, 0.717) is 25.2 Å². The minimum absolute atomic E-state index is 0.0531. The van der Waals surface area contributed by atoms with Gasteiger partial charge < -0.3 is 5.32 Å². The summed E-state index contributed by atoms with van der Waals surface area (Å²) >= 11 is 0. The topological polar surface area (TPSA) is 87.5 Å². The molecule has 1 aromatic rings. The predicted molar refractivity (Wildman–Crippen MR) is 73.1 cm³/mol. The molecule has 104 valence electrons. The van der Waals surface area contributed by atoms with Crippen LogP contribution in [0.2, 0.25) is 0 Å². The molecule has 6 nitrogen and oxygen atoms in total. The van der Waals surface area contributed by atoms with E-state index in [2.05, 4.69) is 10.7 Å². The van der Waals surface area contributed by atoms with Gasteiger partial charge in [0.15, 0.2) is 0 Å². The number of nitrogens with two attached hydrogens (primary N) is 1. The molecular formula is C13H20N4O2. The fourth-order valence-electron chi connectivity index (χ4n) is 1.76. The minimum Gasteiger partial charge on any atom is -0.358 e. The highest BCUT2D eigenvalue weighted by molar-refractivity contribution is 5.95. The van der Waals surface area contributed by atoms with Crippen LogP contribution in [0.5, 0.6) is 0 Å². The summed E-state index contributed by atoms with van der Waals surface area (Å²) in [6.07, 6.45) is 0. The van der Waals surface area contributed by atoms with Crippen LogP contribution in [0.15, 0.2) is 24.3 Å². The molecule has 0 spiro atoms. The van der Waals surface area contributed by atoms with E-state index in [1.807, 2.05) is 24.0 Å². The lowest BCUT2D eigenvalue weighted by atomic mass is 10.1. The lowest BCUT2D eigenvalue weighted by Gasteiger charge is -2.20. The van der Waals surface area contributed by atoms with E-state index in [1.165, 1.54) is 0 Å². The Balaban J connectivity index is 2.85. The van der Waals surface area contributed by atoms with Crippen LogP contribution in [0.1, 0.15) is 22.8 Å². The van der Waals surface area contributed by atoms with Crippen molar-refractivity contribution in [1.82, 2.24) is 15.6 Å². The maximum atomic E-state index is 11.6. The highest BCUT2D eigenvalue weighted by Gasteiger charge is 2.13. The zero-order chi connectivity index (χ0) is 14.3. The van der Waals surface area contributed by atoms with E-state index in [1.54, 1.807) is 19.2 Å². The smallest absolute Gasteiger partial charge is 0.265 e. The average Bonchev–Trinajstić information content (AvgIpc) is 2.45. The molecule has 2 amide bonds. The van der Waals surface area contributed by atoms with Gasteiger partial charge in [-0.25, -0.2) is 5.84 Å². The molecule has 0 saturated heterocycles. The average molecular weight is 264 g/mol. The van der Waals surface area contributed by atoms with Crippen molar-refractivity contribution in [3.8, 4) is 0 Å². The molecule has 0 heterocycles. The van der Waals surface area contributed by atoms with Gasteiger partial charge in [-0.3, -0.25) is 19.9 Å². The predicted octanol–water partition coefficient (Wildman–Crippen LogP) is -0.142. The van der Waals surface area contributed by atoms with Gasteiger partial charge in [0.2, 0.25) is 5.91 Å². The van der Waals surface area contributed by atoms with Crippen molar-refractivity contribution in [2.45, 2.75) is 13.5 Å². The van der Waals surface area contributed by atoms with Crippen molar-refractivity contribution < 1.29 is 9.59 Å². The minimum atomic E-state index is -0.327. The molecule has 0 atom stereocenters. The third-order valence-corrected chi connectivity index (χ3v) is 2.88. The normalized spacial score (nSPS) is 10.3. The lowest BCUT2D eigenvalue weighted by Crippen LogP contribution is -2.36. The first-order valence-electron chi connectivity index (χ1n) is 6.14. The van der Waals surface area contributed by atoms with Crippen molar-refractivity contribution in [2.75, 3.05) is 20.1 Å². The van der Waals surface area contributed by atoms with E-state index in [4.69, 9.17) is 5.84 Å². The molecule has 0 unspecified atom stereocenters. The number of carbonyl (C=O) groups excluding carboxylic acids is 2. The standard InChI is InChI=1S/C13H20N4O2/c1-3-17(9-12(18)15-2)8-10-6-4-5-7-11(10)13(19)16-14/h4-7H,3,8-9,14H2,1-2H3,(H,15,18)(H,16,19). The molecule has 0 aliphatic carbocycles. The van der Waals surface area contributed by atoms with E-state index in [0.717, 1.165) is 5.56 Å². The summed E-state index contributed by atoms with van der Waals surface area (Å²) < 4.78 is 0. The first kappa shape index (κ1) is 15.1. The van der Waals surface area contributed by atoms with Gasteiger partial charge in [-0.15, -0.1) is 0 Å². The Hall–Kier alpha value is -1.92. The van der Waals surface area contributed by atoms with Crippen molar-refractivity contribution in [1.29, 1.82) is 0 Å². The second-order valence-electron chi connectivity index (χ2n) is 4.11. The van der Waals surface area contributed by atoms with Crippen LogP contribution in [0.4, 0.5) is 0 Å². The van der Waals surface area contributed by atoms with Gasteiger partial charge in [0.25, 0.3) is 5.91 Å². The zero-order valence-electron chi connectivity index (χ0n) is 11.3. The van der Waals surface area contributed by atoms with Crippen molar-refractivity contribution >= 4 is 11.8 Å². The van der Waals surface area contributed by atoms with Crippen LogP contribution in [0.25, 0.3) is 0 Å². The summed E-state index contributed by atoms with van der Waals surface area (Å²) in [4.78, 5) is 25.0. The van der Waals surface area contributed by atoms with Gasteiger partial charge in [-0.05, 0) is 18.2 Å². The lowest BCUT2D eigenvalue weighted by molar-refractivity contribution is -0.121. The first-order chi connectivity index (χ1) is 9.12. The third-order valence-electron chi connectivity index (χ3n) is 2.88. The number of likely N-dealkylation sites (N-methyl/N-ethyl adjacent to an activating group) is 2. The maximum absolute atomic E-state index is 11.6. The summed E-state index contributed by atoms with van der Waals surface area (Å²) in [5.41, 5.74) is 3.50. The number of nitrogens with zero attached hydrogens (tertiary/aromatic N) is 1. The molecule has 0 saturated carbocycles. The summed E-state index contributed by atoms with van der Waals surface area (Å²) in [5, 5.41) is 2.58. The number of hydrogen-bond donors (Lipinski definition) is 3.